The lowest BCUT2D eigenvalue weighted by Gasteiger charge is -2.18. The number of aromatic nitrogens is 1. The third-order valence-electron chi connectivity index (χ3n) is 4.15. The quantitative estimate of drug-likeness (QED) is 0.610. The van der Waals surface area contributed by atoms with Crippen molar-refractivity contribution < 1.29 is 19.1 Å². The Hall–Kier alpha value is -2.80. The van der Waals surface area contributed by atoms with Crippen LogP contribution in [0.15, 0.2) is 47.4 Å². The molecule has 1 unspecified atom stereocenters. The third kappa shape index (κ3) is 3.17. The van der Waals surface area contributed by atoms with E-state index in [-0.39, 0.29) is 4.91 Å². The number of para-hydroxylation sites is 1. The van der Waals surface area contributed by atoms with Gasteiger partial charge >= 0.3 is 5.97 Å². The van der Waals surface area contributed by atoms with Crippen LogP contribution in [0.1, 0.15) is 18.3 Å². The van der Waals surface area contributed by atoms with Gasteiger partial charge in [0.25, 0.3) is 11.1 Å². The number of nitrogens with zero attached hydrogens (tertiary/aromatic N) is 2. The van der Waals surface area contributed by atoms with Crippen LogP contribution in [0.3, 0.4) is 0 Å². The van der Waals surface area contributed by atoms with Crippen LogP contribution in [0.4, 0.5) is 4.79 Å². The zero-order chi connectivity index (χ0) is 18.8. The van der Waals surface area contributed by atoms with Crippen LogP contribution in [0.25, 0.3) is 11.8 Å². The Morgan fingerprint density at radius 2 is 1.85 bits per heavy atom. The summed E-state index contributed by atoms with van der Waals surface area (Å²) in [6.07, 6.45) is 1.68. The number of ether oxygens (including phenoxy) is 1. The number of aryl methyl sites for hydroxylation is 1. The largest absolute Gasteiger partial charge is 0.467 e. The van der Waals surface area contributed by atoms with Gasteiger partial charge in [-0.3, -0.25) is 14.5 Å². The standard InChI is InChI=1S/C19H18N2O4S/c1-12-9-10-15(20(12)14-7-5-4-6-8-14)11-16-17(22)21(19(24)26-16)13(2)18(23)25-3/h4-11,13H,1-3H3/b16-11+. The number of carbonyl (C=O) groups is 3. The van der Waals surface area contributed by atoms with Crippen molar-refractivity contribution in [1.29, 1.82) is 0 Å². The average Bonchev–Trinajstić information content (AvgIpc) is 3.14. The molecule has 0 spiro atoms. The number of benzene rings is 1. The van der Waals surface area contributed by atoms with Crippen molar-refractivity contribution in [3.8, 4) is 5.69 Å². The molecule has 0 saturated carbocycles. The zero-order valence-electron chi connectivity index (χ0n) is 14.6. The number of hydrogen-bond donors (Lipinski definition) is 0. The summed E-state index contributed by atoms with van der Waals surface area (Å²) in [6, 6.07) is 12.6. The molecule has 0 N–H and O–H groups in total. The summed E-state index contributed by atoms with van der Waals surface area (Å²) in [5.74, 6) is -1.12. The summed E-state index contributed by atoms with van der Waals surface area (Å²) in [7, 11) is 1.23. The van der Waals surface area contributed by atoms with Gasteiger partial charge in [-0.2, -0.15) is 0 Å². The number of esters is 1. The van der Waals surface area contributed by atoms with E-state index in [4.69, 9.17) is 0 Å². The number of amides is 2. The molecule has 26 heavy (non-hydrogen) atoms. The van der Waals surface area contributed by atoms with E-state index in [0.29, 0.717) is 0 Å². The van der Waals surface area contributed by atoms with Crippen LogP contribution in [-0.2, 0) is 14.3 Å². The predicted molar refractivity (Wildman–Crippen MR) is 99.8 cm³/mol. The molecule has 1 atom stereocenters. The maximum Gasteiger partial charge on any atom is 0.328 e. The fourth-order valence-corrected chi connectivity index (χ4v) is 3.72. The van der Waals surface area contributed by atoms with Gasteiger partial charge in [0.2, 0.25) is 0 Å². The van der Waals surface area contributed by atoms with Gasteiger partial charge in [-0.05, 0) is 56.0 Å². The summed E-state index contributed by atoms with van der Waals surface area (Å²) in [6.45, 7) is 3.44. The van der Waals surface area contributed by atoms with Gasteiger partial charge in [0.15, 0.2) is 0 Å². The van der Waals surface area contributed by atoms with Crippen LogP contribution in [0.5, 0.6) is 0 Å². The average molecular weight is 370 g/mol. The molecule has 2 heterocycles. The Balaban J connectivity index is 1.97. The Bertz CT molecular complexity index is 902. The number of thioether (sulfide) groups is 1. The lowest BCUT2D eigenvalue weighted by molar-refractivity contribution is -0.148. The van der Waals surface area contributed by atoms with Crippen molar-refractivity contribution in [2.24, 2.45) is 0 Å². The van der Waals surface area contributed by atoms with Crippen molar-refractivity contribution in [3.05, 3.63) is 58.8 Å². The summed E-state index contributed by atoms with van der Waals surface area (Å²) in [4.78, 5) is 37.8. The monoisotopic (exact) mass is 370 g/mol. The van der Waals surface area contributed by atoms with Gasteiger partial charge in [0, 0.05) is 17.1 Å². The van der Waals surface area contributed by atoms with E-state index in [0.717, 1.165) is 33.7 Å². The maximum absolute atomic E-state index is 12.6. The molecule has 1 saturated heterocycles. The minimum absolute atomic E-state index is 0.279. The van der Waals surface area contributed by atoms with Crippen molar-refractivity contribution in [2.45, 2.75) is 19.9 Å². The van der Waals surface area contributed by atoms with Gasteiger partial charge in [-0.15, -0.1) is 0 Å². The summed E-state index contributed by atoms with van der Waals surface area (Å²) in [5, 5.41) is -0.478. The molecule has 1 aliphatic rings. The number of imide groups is 1. The molecular weight excluding hydrogens is 352 g/mol. The Morgan fingerprint density at radius 1 is 1.15 bits per heavy atom. The molecule has 134 valence electrons. The lowest BCUT2D eigenvalue weighted by atomic mass is 10.2. The zero-order valence-corrected chi connectivity index (χ0v) is 15.4. The van der Waals surface area contributed by atoms with Gasteiger partial charge in [-0.1, -0.05) is 18.2 Å². The van der Waals surface area contributed by atoms with Crippen LogP contribution < -0.4 is 0 Å². The van der Waals surface area contributed by atoms with E-state index < -0.39 is 23.2 Å². The van der Waals surface area contributed by atoms with Crippen molar-refractivity contribution in [1.82, 2.24) is 9.47 Å². The van der Waals surface area contributed by atoms with Crippen LogP contribution >= 0.6 is 11.8 Å². The molecule has 1 fully saturated rings. The van der Waals surface area contributed by atoms with E-state index in [1.807, 2.05) is 54.0 Å². The van der Waals surface area contributed by atoms with Gasteiger partial charge in [-0.25, -0.2) is 4.79 Å². The minimum atomic E-state index is -0.957. The molecule has 0 bridgehead atoms. The first-order chi connectivity index (χ1) is 12.4. The Morgan fingerprint density at radius 3 is 2.50 bits per heavy atom. The first-order valence-electron chi connectivity index (χ1n) is 8.02. The van der Waals surface area contributed by atoms with E-state index in [1.54, 1.807) is 6.08 Å². The number of rotatable bonds is 4. The highest BCUT2D eigenvalue weighted by Crippen LogP contribution is 2.34. The number of hydrogen-bond acceptors (Lipinski definition) is 5. The SMILES string of the molecule is COC(=O)C(C)N1C(=O)S/C(=C/c2ccc(C)n2-c2ccccc2)C1=O. The number of carbonyl (C=O) groups excluding carboxylic acids is 3. The smallest absolute Gasteiger partial charge is 0.328 e. The lowest BCUT2D eigenvalue weighted by Crippen LogP contribution is -2.42. The molecule has 2 aromatic rings. The number of methoxy groups -OCH3 is 1. The molecule has 1 aromatic heterocycles. The third-order valence-corrected chi connectivity index (χ3v) is 5.04. The first kappa shape index (κ1) is 18.0. The summed E-state index contributed by atoms with van der Waals surface area (Å²) >= 11 is 0.823. The predicted octanol–water partition coefficient (Wildman–Crippen LogP) is 3.38. The van der Waals surface area contributed by atoms with E-state index >= 15 is 0 Å². The fourth-order valence-electron chi connectivity index (χ4n) is 2.83. The molecule has 7 heteroatoms. The van der Waals surface area contributed by atoms with Crippen LogP contribution in [-0.4, -0.2) is 39.7 Å². The van der Waals surface area contributed by atoms with Crippen molar-refractivity contribution in [3.63, 3.8) is 0 Å². The molecule has 0 aliphatic carbocycles. The summed E-state index contributed by atoms with van der Waals surface area (Å²) < 4.78 is 6.63. The topological polar surface area (TPSA) is 68.6 Å². The highest BCUT2D eigenvalue weighted by atomic mass is 32.2. The molecule has 1 aromatic carbocycles. The molecule has 6 nitrogen and oxygen atoms in total. The van der Waals surface area contributed by atoms with Gasteiger partial charge in [0.05, 0.1) is 12.0 Å². The fraction of sp³-hybridized carbons (Fsp3) is 0.211. The molecule has 2 amide bonds. The molecule has 0 radical (unpaired) electrons. The highest BCUT2D eigenvalue weighted by Gasteiger charge is 2.41. The Kier molecular flexibility index (Phi) is 4.99. The van der Waals surface area contributed by atoms with Crippen LogP contribution in [0.2, 0.25) is 0 Å². The highest BCUT2D eigenvalue weighted by molar-refractivity contribution is 8.18. The van der Waals surface area contributed by atoms with E-state index in [9.17, 15) is 14.4 Å². The molecular formula is C19H18N2O4S. The molecule has 1 aliphatic heterocycles. The second-order valence-corrected chi connectivity index (χ2v) is 6.81. The van der Waals surface area contributed by atoms with Crippen LogP contribution in [0, 0.1) is 6.92 Å². The second-order valence-electron chi connectivity index (χ2n) is 5.82. The maximum atomic E-state index is 12.6. The van der Waals surface area contributed by atoms with Crippen molar-refractivity contribution >= 4 is 35.0 Å². The summed E-state index contributed by atoms with van der Waals surface area (Å²) in [5.41, 5.74) is 2.75. The van der Waals surface area contributed by atoms with Gasteiger partial charge in [0.1, 0.15) is 6.04 Å². The van der Waals surface area contributed by atoms with E-state index in [2.05, 4.69) is 4.74 Å². The molecule has 3 rings (SSSR count). The minimum Gasteiger partial charge on any atom is -0.467 e. The normalized spacial score (nSPS) is 17.0. The van der Waals surface area contributed by atoms with Crippen molar-refractivity contribution in [2.75, 3.05) is 7.11 Å². The van der Waals surface area contributed by atoms with Gasteiger partial charge < -0.3 is 9.30 Å². The Labute approximate surface area is 155 Å². The van der Waals surface area contributed by atoms with E-state index in [1.165, 1.54) is 14.0 Å². The first-order valence-corrected chi connectivity index (χ1v) is 8.84. The second kappa shape index (κ2) is 7.21.